The van der Waals surface area contributed by atoms with Crippen LogP contribution in [0.15, 0.2) is 35.7 Å². The number of benzene rings is 1. The molecule has 2 rings (SSSR count). The van der Waals surface area contributed by atoms with Crippen molar-refractivity contribution in [2.24, 2.45) is 11.8 Å². The Labute approximate surface area is 226 Å². The maximum absolute atomic E-state index is 13.0. The van der Waals surface area contributed by atoms with Crippen LogP contribution in [0.1, 0.15) is 68.0 Å². The van der Waals surface area contributed by atoms with Crippen LogP contribution in [0, 0.1) is 11.8 Å². The Kier molecular flexibility index (Phi) is 12.2. The number of amides is 2. The van der Waals surface area contributed by atoms with Crippen molar-refractivity contribution in [3.63, 3.8) is 0 Å². The molecule has 206 valence electrons. The second kappa shape index (κ2) is 14.6. The van der Waals surface area contributed by atoms with Gasteiger partial charge in [0.2, 0.25) is 15.9 Å². The predicted octanol–water partition coefficient (Wildman–Crippen LogP) is 3.89. The molecule has 0 fully saturated rings. The highest BCUT2D eigenvalue weighted by Crippen LogP contribution is 2.21. The van der Waals surface area contributed by atoms with Crippen molar-refractivity contribution in [3.05, 3.63) is 52.0 Å². The summed E-state index contributed by atoms with van der Waals surface area (Å²) in [6, 6.07) is 9.27. The number of sulfonamides is 1. The molecule has 3 atom stereocenters. The van der Waals surface area contributed by atoms with Crippen LogP contribution in [0.5, 0.6) is 0 Å². The van der Waals surface area contributed by atoms with E-state index in [0.717, 1.165) is 29.7 Å². The molecule has 0 aliphatic carbocycles. The molecule has 2 N–H and O–H groups in total. The second-order valence-corrected chi connectivity index (χ2v) is 13.0. The molecule has 0 saturated carbocycles. The summed E-state index contributed by atoms with van der Waals surface area (Å²) in [4.78, 5) is 32.1. The van der Waals surface area contributed by atoms with Crippen molar-refractivity contribution in [3.8, 4) is 0 Å². The number of carbonyl (C=O) groups excluding carboxylic acids is 2. The zero-order chi connectivity index (χ0) is 27.6. The molecule has 2 amide bonds. The minimum absolute atomic E-state index is 0.0868. The topological polar surface area (TPSA) is 108 Å². The SMILES string of the molecule is CC[C@H](C)CC(=O)N(C)[C@H](CCc1nc(C(=O)N[C@H](CNS(C)(=O)=O)Cc2ccccc2)cs1)C(C)C. The van der Waals surface area contributed by atoms with Gasteiger partial charge < -0.3 is 10.2 Å². The highest BCUT2D eigenvalue weighted by molar-refractivity contribution is 7.88. The monoisotopic (exact) mass is 550 g/mol. The fourth-order valence-electron chi connectivity index (χ4n) is 4.13. The highest BCUT2D eigenvalue weighted by Gasteiger charge is 2.25. The molecular weight excluding hydrogens is 508 g/mol. The standard InChI is InChI=1S/C27H42N4O4S2/c1-7-20(4)15-26(32)31(5)24(19(2)3)13-14-25-30-23(18-36-25)27(33)29-22(17-28-37(6,34)35)16-21-11-9-8-10-12-21/h8-12,18-20,22,24,28H,7,13-17H2,1-6H3,(H,29,33)/t20-,22-,24+/m0/s1. The summed E-state index contributed by atoms with van der Waals surface area (Å²) in [6.07, 6.45) is 4.55. The highest BCUT2D eigenvalue weighted by atomic mass is 32.2. The fraction of sp³-hybridized carbons (Fsp3) is 0.593. The first-order valence-corrected chi connectivity index (χ1v) is 15.7. The van der Waals surface area contributed by atoms with Crippen molar-refractivity contribution < 1.29 is 18.0 Å². The van der Waals surface area contributed by atoms with Crippen LogP contribution in [0.3, 0.4) is 0 Å². The second-order valence-electron chi connectivity index (χ2n) is 10.2. The lowest BCUT2D eigenvalue weighted by atomic mass is 9.96. The molecule has 1 aromatic heterocycles. The van der Waals surface area contributed by atoms with Gasteiger partial charge in [0.05, 0.1) is 11.3 Å². The van der Waals surface area contributed by atoms with E-state index < -0.39 is 16.1 Å². The number of aryl methyl sites for hydroxylation is 1. The normalized spacial score (nSPS) is 14.2. The zero-order valence-corrected chi connectivity index (χ0v) is 24.5. The number of hydrogen-bond acceptors (Lipinski definition) is 6. The number of thiazole rings is 1. The van der Waals surface area contributed by atoms with E-state index in [2.05, 4.69) is 42.7 Å². The van der Waals surface area contributed by atoms with E-state index in [1.807, 2.05) is 42.3 Å². The van der Waals surface area contributed by atoms with Gasteiger partial charge in [0, 0.05) is 43.9 Å². The van der Waals surface area contributed by atoms with Gasteiger partial charge in [0.25, 0.3) is 5.91 Å². The van der Waals surface area contributed by atoms with E-state index in [0.29, 0.717) is 36.8 Å². The molecule has 0 aliphatic heterocycles. The molecule has 10 heteroatoms. The summed E-state index contributed by atoms with van der Waals surface area (Å²) < 4.78 is 25.7. The van der Waals surface area contributed by atoms with Gasteiger partial charge >= 0.3 is 0 Å². The first-order valence-electron chi connectivity index (χ1n) is 12.9. The Hall–Kier alpha value is -2.30. The molecule has 0 spiro atoms. The van der Waals surface area contributed by atoms with Gasteiger partial charge in [0.15, 0.2) is 0 Å². The van der Waals surface area contributed by atoms with Gasteiger partial charge in [-0.15, -0.1) is 11.3 Å². The zero-order valence-electron chi connectivity index (χ0n) is 22.9. The quantitative estimate of drug-likeness (QED) is 0.350. The first kappa shape index (κ1) is 30.9. The maximum atomic E-state index is 13.0. The number of rotatable bonds is 15. The van der Waals surface area contributed by atoms with E-state index in [9.17, 15) is 18.0 Å². The predicted molar refractivity (Wildman–Crippen MR) is 150 cm³/mol. The lowest BCUT2D eigenvalue weighted by Crippen LogP contribution is -2.44. The van der Waals surface area contributed by atoms with Gasteiger partial charge in [0.1, 0.15) is 5.69 Å². The van der Waals surface area contributed by atoms with Crippen LogP contribution in [-0.4, -0.2) is 62.0 Å². The van der Waals surface area contributed by atoms with E-state index in [1.54, 1.807) is 5.38 Å². The minimum Gasteiger partial charge on any atom is -0.346 e. The molecule has 1 heterocycles. The van der Waals surface area contributed by atoms with Crippen molar-refractivity contribution in [2.45, 2.75) is 71.9 Å². The average Bonchev–Trinajstić information content (AvgIpc) is 3.31. The van der Waals surface area contributed by atoms with Gasteiger partial charge in [-0.25, -0.2) is 18.1 Å². The molecule has 37 heavy (non-hydrogen) atoms. The Morgan fingerprint density at radius 3 is 2.41 bits per heavy atom. The third kappa shape index (κ3) is 10.9. The molecule has 0 unspecified atom stereocenters. The van der Waals surface area contributed by atoms with E-state index in [-0.39, 0.29) is 24.4 Å². The minimum atomic E-state index is -3.40. The number of hydrogen-bond donors (Lipinski definition) is 2. The summed E-state index contributed by atoms with van der Waals surface area (Å²) in [5, 5.41) is 5.51. The molecule has 0 radical (unpaired) electrons. The smallest absolute Gasteiger partial charge is 0.271 e. The van der Waals surface area contributed by atoms with Gasteiger partial charge in [-0.3, -0.25) is 9.59 Å². The molecule has 8 nitrogen and oxygen atoms in total. The maximum Gasteiger partial charge on any atom is 0.271 e. The van der Waals surface area contributed by atoms with Gasteiger partial charge in [-0.1, -0.05) is 64.4 Å². The number of carbonyl (C=O) groups is 2. The number of aromatic nitrogens is 1. The van der Waals surface area contributed by atoms with Crippen LogP contribution in [0.2, 0.25) is 0 Å². The van der Waals surface area contributed by atoms with Crippen LogP contribution >= 0.6 is 11.3 Å². The number of nitrogens with zero attached hydrogens (tertiary/aromatic N) is 2. The van der Waals surface area contributed by atoms with E-state index >= 15 is 0 Å². The molecule has 0 bridgehead atoms. The van der Waals surface area contributed by atoms with Gasteiger partial charge in [-0.05, 0) is 30.2 Å². The average molecular weight is 551 g/mol. The Balaban J connectivity index is 2.02. The molecule has 0 saturated heterocycles. The lowest BCUT2D eigenvalue weighted by molar-refractivity contribution is -0.133. The summed E-state index contributed by atoms with van der Waals surface area (Å²) in [6.45, 7) is 8.52. The summed E-state index contributed by atoms with van der Waals surface area (Å²) in [5.74, 6) is 0.496. The Bertz CT molecular complexity index is 1100. The number of nitrogens with one attached hydrogen (secondary N) is 2. The van der Waals surface area contributed by atoms with Crippen LogP contribution in [0.4, 0.5) is 0 Å². The Morgan fingerprint density at radius 2 is 1.81 bits per heavy atom. The Morgan fingerprint density at radius 1 is 1.14 bits per heavy atom. The largest absolute Gasteiger partial charge is 0.346 e. The van der Waals surface area contributed by atoms with Crippen LogP contribution < -0.4 is 10.0 Å². The van der Waals surface area contributed by atoms with Crippen molar-refractivity contribution in [1.82, 2.24) is 19.9 Å². The molecule has 0 aliphatic rings. The molecule has 2 aromatic rings. The first-order chi connectivity index (χ1) is 17.4. The van der Waals surface area contributed by atoms with E-state index in [1.165, 1.54) is 11.3 Å². The van der Waals surface area contributed by atoms with Crippen molar-refractivity contribution in [2.75, 3.05) is 19.8 Å². The molecular formula is C27H42N4O4S2. The lowest BCUT2D eigenvalue weighted by Gasteiger charge is -2.32. The summed E-state index contributed by atoms with van der Waals surface area (Å²) in [7, 11) is -1.51. The van der Waals surface area contributed by atoms with Crippen molar-refractivity contribution in [1.29, 1.82) is 0 Å². The molecule has 1 aromatic carbocycles. The third-order valence-corrected chi connectivity index (χ3v) is 8.17. The third-order valence-electron chi connectivity index (χ3n) is 6.57. The van der Waals surface area contributed by atoms with Crippen molar-refractivity contribution >= 4 is 33.2 Å². The summed E-state index contributed by atoms with van der Waals surface area (Å²) in [5.41, 5.74) is 1.31. The summed E-state index contributed by atoms with van der Waals surface area (Å²) >= 11 is 1.43. The fourth-order valence-corrected chi connectivity index (χ4v) is 5.43. The van der Waals surface area contributed by atoms with E-state index in [4.69, 9.17) is 0 Å². The van der Waals surface area contributed by atoms with Gasteiger partial charge in [-0.2, -0.15) is 0 Å². The van der Waals surface area contributed by atoms with Crippen LogP contribution in [-0.2, 0) is 27.7 Å². The van der Waals surface area contributed by atoms with Crippen LogP contribution in [0.25, 0.3) is 0 Å².